The topological polar surface area (TPSA) is 26.0 Å². The average molecular weight is 279 g/mol. The van der Waals surface area contributed by atoms with Gasteiger partial charge in [-0.15, -0.1) is 11.8 Å². The van der Waals surface area contributed by atoms with Gasteiger partial charge in [0.2, 0.25) is 0 Å². The van der Waals surface area contributed by atoms with Gasteiger partial charge in [-0.3, -0.25) is 0 Å². The monoisotopic (exact) mass is 279 g/mol. The molecule has 2 N–H and O–H groups in total. The molecule has 0 aliphatic carbocycles. The van der Waals surface area contributed by atoms with Gasteiger partial charge in [0.1, 0.15) is 5.82 Å². The highest BCUT2D eigenvalue weighted by molar-refractivity contribution is 8.00. The van der Waals surface area contributed by atoms with Crippen LogP contribution in [0.5, 0.6) is 0 Å². The molecule has 0 spiro atoms. The Kier molecular flexibility index (Phi) is 4.69. The van der Waals surface area contributed by atoms with Gasteiger partial charge >= 0.3 is 0 Å². The molecule has 0 atom stereocenters. The average Bonchev–Trinajstić information content (AvgIpc) is 2.38. The lowest BCUT2D eigenvalue weighted by Crippen LogP contribution is -2.00. The van der Waals surface area contributed by atoms with E-state index in [9.17, 15) is 4.39 Å². The molecule has 0 saturated heterocycles. The molecule has 94 valence electrons. The summed E-state index contributed by atoms with van der Waals surface area (Å²) in [6, 6.07) is 12.7. The number of halogens is 1. The summed E-state index contributed by atoms with van der Waals surface area (Å²) in [5.41, 5.74) is 6.93. The van der Waals surface area contributed by atoms with Crippen molar-refractivity contribution in [3.05, 3.63) is 53.8 Å². The van der Waals surface area contributed by atoms with Crippen LogP contribution in [0.25, 0.3) is 0 Å². The Morgan fingerprint density at radius 2 is 1.83 bits per heavy atom. The summed E-state index contributed by atoms with van der Waals surface area (Å²) in [6.45, 7) is 0.495. The highest BCUT2D eigenvalue weighted by Gasteiger charge is 2.08. The molecule has 4 heteroatoms. The van der Waals surface area contributed by atoms with Gasteiger partial charge in [-0.1, -0.05) is 23.9 Å². The maximum atomic E-state index is 13.2. The smallest absolute Gasteiger partial charge is 0.124 e. The number of thioether (sulfide) groups is 1. The number of hydrogen-bond donors (Lipinski definition) is 1. The second-order valence-corrected chi connectivity index (χ2v) is 5.66. The normalized spacial score (nSPS) is 10.6. The predicted molar refractivity (Wildman–Crippen MR) is 76.6 cm³/mol. The van der Waals surface area contributed by atoms with Gasteiger partial charge in [-0.2, -0.15) is 0 Å². The van der Waals surface area contributed by atoms with Crippen LogP contribution < -0.4 is 5.73 Å². The lowest BCUT2D eigenvalue weighted by Gasteiger charge is -2.11. The van der Waals surface area contributed by atoms with E-state index in [0.29, 0.717) is 6.54 Å². The zero-order valence-corrected chi connectivity index (χ0v) is 11.7. The molecule has 0 aliphatic rings. The molecule has 2 rings (SSSR count). The van der Waals surface area contributed by atoms with Crippen LogP contribution in [-0.4, -0.2) is 6.26 Å². The minimum Gasteiger partial charge on any atom is -0.326 e. The van der Waals surface area contributed by atoms with Gasteiger partial charge < -0.3 is 5.73 Å². The molecule has 0 amide bonds. The quantitative estimate of drug-likeness (QED) is 0.851. The van der Waals surface area contributed by atoms with Crippen LogP contribution in [0.2, 0.25) is 0 Å². The molecule has 0 radical (unpaired) electrons. The fourth-order valence-electron chi connectivity index (χ4n) is 1.69. The molecule has 0 saturated carbocycles. The third kappa shape index (κ3) is 3.07. The summed E-state index contributed by atoms with van der Waals surface area (Å²) in [7, 11) is 0. The summed E-state index contributed by atoms with van der Waals surface area (Å²) >= 11 is 3.23. The predicted octanol–water partition coefficient (Wildman–Crippen LogP) is 4.16. The van der Waals surface area contributed by atoms with E-state index in [2.05, 4.69) is 6.07 Å². The summed E-state index contributed by atoms with van der Waals surface area (Å²) in [5, 5.41) is 0. The van der Waals surface area contributed by atoms with Crippen molar-refractivity contribution in [2.75, 3.05) is 6.26 Å². The van der Waals surface area contributed by atoms with E-state index in [1.807, 2.05) is 24.5 Å². The van der Waals surface area contributed by atoms with Crippen LogP contribution in [0.15, 0.2) is 57.2 Å². The Labute approximate surface area is 115 Å². The van der Waals surface area contributed by atoms with Gasteiger partial charge in [0.05, 0.1) is 0 Å². The Bertz CT molecular complexity index is 543. The minimum atomic E-state index is -0.213. The van der Waals surface area contributed by atoms with E-state index in [1.54, 1.807) is 29.6 Å². The van der Waals surface area contributed by atoms with Gasteiger partial charge in [0.25, 0.3) is 0 Å². The number of hydrogen-bond acceptors (Lipinski definition) is 3. The summed E-state index contributed by atoms with van der Waals surface area (Å²) in [5.74, 6) is -0.213. The molecule has 2 aromatic rings. The highest BCUT2D eigenvalue weighted by Crippen LogP contribution is 2.34. The van der Waals surface area contributed by atoms with Gasteiger partial charge in [0.15, 0.2) is 0 Å². The number of benzene rings is 2. The van der Waals surface area contributed by atoms with E-state index in [1.165, 1.54) is 17.0 Å². The first kappa shape index (κ1) is 13.5. The standard InChI is InChI=1S/C14H14FNS2/c1-17-13-6-3-7-14(12(13)9-16)18-11-5-2-4-10(15)8-11/h2-8H,9,16H2,1H3. The van der Waals surface area contributed by atoms with Crippen LogP contribution in [-0.2, 0) is 6.54 Å². The van der Waals surface area contributed by atoms with Gasteiger partial charge in [-0.05, 0) is 42.2 Å². The van der Waals surface area contributed by atoms with E-state index in [4.69, 9.17) is 5.73 Å². The molecule has 2 aromatic carbocycles. The van der Waals surface area contributed by atoms with Crippen molar-refractivity contribution < 1.29 is 4.39 Å². The molecule has 0 heterocycles. The maximum absolute atomic E-state index is 13.2. The third-order valence-electron chi connectivity index (χ3n) is 2.54. The first-order chi connectivity index (χ1) is 8.74. The lowest BCUT2D eigenvalue weighted by atomic mass is 10.2. The Hall–Kier alpha value is -0.970. The Morgan fingerprint density at radius 3 is 2.50 bits per heavy atom. The van der Waals surface area contributed by atoms with Crippen molar-refractivity contribution in [3.63, 3.8) is 0 Å². The molecule has 18 heavy (non-hydrogen) atoms. The summed E-state index contributed by atoms with van der Waals surface area (Å²) < 4.78 is 13.2. The third-order valence-corrected chi connectivity index (χ3v) is 4.45. The van der Waals surface area contributed by atoms with Crippen LogP contribution in [0, 0.1) is 5.82 Å². The minimum absolute atomic E-state index is 0.213. The fourth-order valence-corrected chi connectivity index (χ4v) is 3.45. The number of rotatable bonds is 4. The molecule has 0 fully saturated rings. The zero-order valence-electron chi connectivity index (χ0n) is 10.0. The van der Waals surface area contributed by atoms with E-state index >= 15 is 0 Å². The van der Waals surface area contributed by atoms with Crippen molar-refractivity contribution in [1.29, 1.82) is 0 Å². The molecular weight excluding hydrogens is 265 g/mol. The molecule has 0 unspecified atom stereocenters. The first-order valence-electron chi connectivity index (χ1n) is 5.54. The van der Waals surface area contributed by atoms with E-state index in [0.717, 1.165) is 15.4 Å². The highest BCUT2D eigenvalue weighted by atomic mass is 32.2. The van der Waals surface area contributed by atoms with Crippen molar-refractivity contribution >= 4 is 23.5 Å². The summed E-state index contributed by atoms with van der Waals surface area (Å²) in [6.07, 6.45) is 2.03. The maximum Gasteiger partial charge on any atom is 0.124 e. The lowest BCUT2D eigenvalue weighted by molar-refractivity contribution is 0.624. The first-order valence-corrected chi connectivity index (χ1v) is 7.58. The van der Waals surface area contributed by atoms with Crippen LogP contribution in [0.1, 0.15) is 5.56 Å². The number of nitrogens with two attached hydrogens (primary N) is 1. The molecule has 0 bridgehead atoms. The second kappa shape index (κ2) is 6.27. The molecule has 0 aliphatic heterocycles. The fraction of sp³-hybridized carbons (Fsp3) is 0.143. The van der Waals surface area contributed by atoms with Crippen LogP contribution in [0.3, 0.4) is 0 Å². The van der Waals surface area contributed by atoms with Crippen molar-refractivity contribution in [1.82, 2.24) is 0 Å². The van der Waals surface area contributed by atoms with Gasteiger partial charge in [-0.25, -0.2) is 4.39 Å². The van der Waals surface area contributed by atoms with Crippen LogP contribution >= 0.6 is 23.5 Å². The SMILES string of the molecule is CSc1cccc(Sc2cccc(F)c2)c1CN. The van der Waals surface area contributed by atoms with E-state index < -0.39 is 0 Å². The van der Waals surface area contributed by atoms with Crippen molar-refractivity contribution in [2.45, 2.75) is 21.2 Å². The summed E-state index contributed by atoms with van der Waals surface area (Å²) in [4.78, 5) is 3.16. The second-order valence-electron chi connectivity index (χ2n) is 3.70. The van der Waals surface area contributed by atoms with Crippen molar-refractivity contribution in [2.24, 2.45) is 5.73 Å². The molecular formula is C14H14FNS2. The zero-order chi connectivity index (χ0) is 13.0. The van der Waals surface area contributed by atoms with Crippen LogP contribution in [0.4, 0.5) is 4.39 Å². The van der Waals surface area contributed by atoms with E-state index in [-0.39, 0.29) is 5.82 Å². The molecule has 0 aromatic heterocycles. The van der Waals surface area contributed by atoms with Crippen molar-refractivity contribution in [3.8, 4) is 0 Å². The molecule has 1 nitrogen and oxygen atoms in total. The van der Waals surface area contributed by atoms with Gasteiger partial charge in [0, 0.05) is 21.2 Å². The largest absolute Gasteiger partial charge is 0.326 e. The Balaban J connectivity index is 2.34. The Morgan fingerprint density at radius 1 is 1.11 bits per heavy atom.